The van der Waals surface area contributed by atoms with E-state index >= 15 is 0 Å². The van der Waals surface area contributed by atoms with Crippen molar-refractivity contribution in [1.82, 2.24) is 4.90 Å². The molecule has 2 rings (SSSR count). The molecule has 0 aliphatic rings. The van der Waals surface area contributed by atoms with Crippen LogP contribution in [0.5, 0.6) is 5.75 Å². The molecule has 5 heteroatoms. The van der Waals surface area contributed by atoms with Gasteiger partial charge in [-0.15, -0.1) is 11.3 Å². The first-order valence-corrected chi connectivity index (χ1v) is 8.37. The van der Waals surface area contributed by atoms with Crippen molar-refractivity contribution in [2.24, 2.45) is 0 Å². The number of carbonyl (C=O) groups is 1. The SMILES string of the molecule is CCCN(CCC)C(=O)c1sc2cc(OC)ccc2c1Cl. The highest BCUT2D eigenvalue weighted by Gasteiger charge is 2.21. The van der Waals surface area contributed by atoms with Crippen LogP contribution in [0.1, 0.15) is 36.4 Å². The number of hydrogen-bond donors (Lipinski definition) is 0. The molecule has 0 unspecified atom stereocenters. The predicted octanol–water partition coefficient (Wildman–Crippen LogP) is 4.83. The lowest BCUT2D eigenvalue weighted by molar-refractivity contribution is 0.0760. The third-order valence-corrected chi connectivity index (χ3v) is 4.95. The average Bonchev–Trinajstić information content (AvgIpc) is 2.82. The van der Waals surface area contributed by atoms with Gasteiger partial charge in [-0.25, -0.2) is 0 Å². The molecule has 0 N–H and O–H groups in total. The first-order chi connectivity index (χ1) is 10.1. The van der Waals surface area contributed by atoms with Crippen molar-refractivity contribution in [1.29, 1.82) is 0 Å². The van der Waals surface area contributed by atoms with Crippen LogP contribution in [0, 0.1) is 0 Å². The van der Waals surface area contributed by atoms with Crippen LogP contribution >= 0.6 is 22.9 Å². The molecule has 3 nitrogen and oxygen atoms in total. The van der Waals surface area contributed by atoms with E-state index in [1.165, 1.54) is 11.3 Å². The fraction of sp³-hybridized carbons (Fsp3) is 0.438. The molecule has 21 heavy (non-hydrogen) atoms. The summed E-state index contributed by atoms with van der Waals surface area (Å²) in [6.07, 6.45) is 1.89. The molecule has 0 saturated carbocycles. The Morgan fingerprint density at radius 2 is 1.95 bits per heavy atom. The van der Waals surface area contributed by atoms with E-state index in [1.807, 2.05) is 23.1 Å². The lowest BCUT2D eigenvalue weighted by atomic mass is 10.2. The topological polar surface area (TPSA) is 29.5 Å². The Morgan fingerprint density at radius 3 is 2.52 bits per heavy atom. The van der Waals surface area contributed by atoms with Crippen LogP contribution in [-0.4, -0.2) is 31.0 Å². The number of nitrogens with zero attached hydrogens (tertiary/aromatic N) is 1. The van der Waals surface area contributed by atoms with E-state index in [9.17, 15) is 4.79 Å². The number of hydrogen-bond acceptors (Lipinski definition) is 3. The van der Waals surface area contributed by atoms with Gasteiger partial charge >= 0.3 is 0 Å². The van der Waals surface area contributed by atoms with Crippen LogP contribution < -0.4 is 4.74 Å². The van der Waals surface area contributed by atoms with Gasteiger partial charge in [0.05, 0.1) is 12.1 Å². The van der Waals surface area contributed by atoms with Crippen LogP contribution in [0.15, 0.2) is 18.2 Å². The number of ether oxygens (including phenoxy) is 1. The molecular formula is C16H20ClNO2S. The summed E-state index contributed by atoms with van der Waals surface area (Å²) in [7, 11) is 1.63. The van der Waals surface area contributed by atoms with E-state index in [4.69, 9.17) is 16.3 Å². The number of thiophene rings is 1. The van der Waals surface area contributed by atoms with E-state index in [0.717, 1.165) is 41.8 Å². The molecule has 1 heterocycles. The maximum absolute atomic E-state index is 12.7. The summed E-state index contributed by atoms with van der Waals surface area (Å²) in [5, 5.41) is 1.47. The number of fused-ring (bicyclic) bond motifs is 1. The highest BCUT2D eigenvalue weighted by Crippen LogP contribution is 2.37. The third-order valence-electron chi connectivity index (χ3n) is 3.31. The Kier molecular flexibility index (Phi) is 5.48. The number of methoxy groups -OCH3 is 1. The lowest BCUT2D eigenvalue weighted by Gasteiger charge is -2.20. The zero-order chi connectivity index (χ0) is 15.4. The lowest BCUT2D eigenvalue weighted by Crippen LogP contribution is -2.32. The highest BCUT2D eigenvalue weighted by molar-refractivity contribution is 7.21. The van der Waals surface area contributed by atoms with E-state index in [-0.39, 0.29) is 5.91 Å². The molecule has 1 aromatic carbocycles. The minimum atomic E-state index is 0.0314. The summed E-state index contributed by atoms with van der Waals surface area (Å²) in [6.45, 7) is 5.68. The predicted molar refractivity (Wildman–Crippen MR) is 89.9 cm³/mol. The first-order valence-electron chi connectivity index (χ1n) is 7.17. The van der Waals surface area contributed by atoms with Gasteiger partial charge < -0.3 is 9.64 Å². The van der Waals surface area contributed by atoms with Crippen LogP contribution in [0.25, 0.3) is 10.1 Å². The van der Waals surface area contributed by atoms with Gasteiger partial charge in [0.25, 0.3) is 5.91 Å². The quantitative estimate of drug-likeness (QED) is 0.761. The summed E-state index contributed by atoms with van der Waals surface area (Å²) < 4.78 is 6.21. The van der Waals surface area contributed by atoms with Crippen molar-refractivity contribution < 1.29 is 9.53 Å². The summed E-state index contributed by atoms with van der Waals surface area (Å²) >= 11 is 7.85. The first kappa shape index (κ1) is 16.1. The van der Waals surface area contributed by atoms with Crippen molar-refractivity contribution in [2.45, 2.75) is 26.7 Å². The van der Waals surface area contributed by atoms with Crippen LogP contribution in [0.4, 0.5) is 0 Å². The van der Waals surface area contributed by atoms with E-state index in [1.54, 1.807) is 7.11 Å². The molecule has 0 aliphatic carbocycles. The number of carbonyl (C=O) groups excluding carboxylic acids is 1. The van der Waals surface area contributed by atoms with Crippen LogP contribution in [-0.2, 0) is 0 Å². The van der Waals surface area contributed by atoms with Gasteiger partial charge in [0, 0.05) is 23.2 Å². The minimum absolute atomic E-state index is 0.0314. The second-order valence-corrected chi connectivity index (χ2v) is 6.33. The third kappa shape index (κ3) is 3.33. The molecule has 0 radical (unpaired) electrons. The fourth-order valence-electron chi connectivity index (χ4n) is 2.31. The summed E-state index contributed by atoms with van der Waals surface area (Å²) in [4.78, 5) is 15.2. The monoisotopic (exact) mass is 325 g/mol. The van der Waals surface area contributed by atoms with Gasteiger partial charge in [-0.2, -0.15) is 0 Å². The van der Waals surface area contributed by atoms with Crippen molar-refractivity contribution in [2.75, 3.05) is 20.2 Å². The Bertz CT molecular complexity index is 632. The molecule has 0 bridgehead atoms. The molecule has 2 aromatic rings. The Morgan fingerprint density at radius 1 is 1.29 bits per heavy atom. The number of benzene rings is 1. The van der Waals surface area contributed by atoms with Crippen molar-refractivity contribution in [3.63, 3.8) is 0 Å². The minimum Gasteiger partial charge on any atom is -0.497 e. The maximum Gasteiger partial charge on any atom is 0.265 e. The summed E-state index contributed by atoms with van der Waals surface area (Å²) in [5.74, 6) is 0.808. The molecule has 0 aliphatic heterocycles. The van der Waals surface area contributed by atoms with E-state index in [0.29, 0.717) is 9.90 Å². The van der Waals surface area contributed by atoms with Crippen LogP contribution in [0.2, 0.25) is 5.02 Å². The fourth-order valence-corrected chi connectivity index (χ4v) is 3.82. The zero-order valence-electron chi connectivity index (χ0n) is 12.6. The molecule has 114 valence electrons. The normalized spacial score (nSPS) is 10.9. The molecule has 0 saturated heterocycles. The Labute approximate surface area is 134 Å². The smallest absolute Gasteiger partial charge is 0.265 e. The maximum atomic E-state index is 12.7. The molecule has 1 amide bonds. The highest BCUT2D eigenvalue weighted by atomic mass is 35.5. The Balaban J connectivity index is 2.40. The Hall–Kier alpha value is -1.26. The van der Waals surface area contributed by atoms with Gasteiger partial charge in [0.15, 0.2) is 0 Å². The van der Waals surface area contributed by atoms with E-state index in [2.05, 4.69) is 13.8 Å². The number of halogens is 1. The summed E-state index contributed by atoms with van der Waals surface area (Å²) in [5.41, 5.74) is 0. The number of amides is 1. The van der Waals surface area contributed by atoms with E-state index < -0.39 is 0 Å². The van der Waals surface area contributed by atoms with Gasteiger partial charge in [0.2, 0.25) is 0 Å². The molecular weight excluding hydrogens is 306 g/mol. The second-order valence-electron chi connectivity index (χ2n) is 4.90. The number of rotatable bonds is 6. The van der Waals surface area contributed by atoms with Crippen molar-refractivity contribution in [3.05, 3.63) is 28.1 Å². The molecule has 0 fully saturated rings. The standard InChI is InChI=1S/C16H20ClNO2S/c1-4-8-18(9-5-2)16(19)15-14(17)12-7-6-11(20-3)10-13(12)21-15/h6-7,10H,4-5,8-9H2,1-3H3. The summed E-state index contributed by atoms with van der Waals surface area (Å²) in [6, 6.07) is 5.70. The van der Waals surface area contributed by atoms with Crippen molar-refractivity contribution >= 4 is 38.9 Å². The van der Waals surface area contributed by atoms with Crippen molar-refractivity contribution in [3.8, 4) is 5.75 Å². The van der Waals surface area contributed by atoms with Crippen LogP contribution in [0.3, 0.4) is 0 Å². The molecule has 0 spiro atoms. The van der Waals surface area contributed by atoms with Gasteiger partial charge in [0.1, 0.15) is 10.6 Å². The van der Waals surface area contributed by atoms with Gasteiger partial charge in [-0.1, -0.05) is 25.4 Å². The zero-order valence-corrected chi connectivity index (χ0v) is 14.2. The van der Waals surface area contributed by atoms with Gasteiger partial charge in [-0.05, 0) is 31.0 Å². The average molecular weight is 326 g/mol. The van der Waals surface area contributed by atoms with Gasteiger partial charge in [-0.3, -0.25) is 4.79 Å². The second kappa shape index (κ2) is 7.14. The largest absolute Gasteiger partial charge is 0.497 e. The molecule has 0 atom stereocenters. The molecule has 1 aromatic heterocycles.